The Balaban J connectivity index is 2.22. The summed E-state index contributed by atoms with van der Waals surface area (Å²) < 4.78 is 0. The highest BCUT2D eigenvalue weighted by Crippen LogP contribution is 2.19. The van der Waals surface area contributed by atoms with Gasteiger partial charge in [-0.2, -0.15) is 0 Å². The number of aliphatic hydroxyl groups is 1. The van der Waals surface area contributed by atoms with Crippen molar-refractivity contribution in [3.63, 3.8) is 0 Å². The van der Waals surface area contributed by atoms with Gasteiger partial charge in [0.1, 0.15) is 6.54 Å². The van der Waals surface area contributed by atoms with Gasteiger partial charge in [-0.3, -0.25) is 9.59 Å². The van der Waals surface area contributed by atoms with Gasteiger partial charge < -0.3 is 14.9 Å². The SMILES string of the molecule is CN1CC(=O)N(c2cccc(CCO)c2)CC1=O. The summed E-state index contributed by atoms with van der Waals surface area (Å²) in [5, 5.41) is 8.91. The van der Waals surface area contributed by atoms with Crippen molar-refractivity contribution >= 4 is 17.5 Å². The molecule has 1 fully saturated rings. The first-order chi connectivity index (χ1) is 8.61. The lowest BCUT2D eigenvalue weighted by atomic mass is 10.1. The summed E-state index contributed by atoms with van der Waals surface area (Å²) in [5.74, 6) is -0.152. The molecule has 2 rings (SSSR count). The lowest BCUT2D eigenvalue weighted by Gasteiger charge is -2.31. The Morgan fingerprint density at radius 2 is 2.00 bits per heavy atom. The molecule has 0 spiro atoms. The Hall–Kier alpha value is -1.88. The van der Waals surface area contributed by atoms with Crippen LogP contribution in [0.2, 0.25) is 0 Å². The summed E-state index contributed by atoms with van der Waals surface area (Å²) in [5.41, 5.74) is 1.67. The van der Waals surface area contributed by atoms with Gasteiger partial charge in [0.15, 0.2) is 0 Å². The summed E-state index contributed by atoms with van der Waals surface area (Å²) >= 11 is 0. The lowest BCUT2D eigenvalue weighted by molar-refractivity contribution is -0.136. The van der Waals surface area contributed by atoms with E-state index in [1.807, 2.05) is 18.2 Å². The standard InChI is InChI=1S/C13H16N2O3/c1-14-8-13(18)15(9-12(14)17)11-4-2-3-10(7-11)5-6-16/h2-4,7,16H,5-6,8-9H2,1H3. The molecule has 5 nitrogen and oxygen atoms in total. The number of rotatable bonds is 3. The number of carbonyl (C=O) groups excluding carboxylic acids is 2. The minimum Gasteiger partial charge on any atom is -0.396 e. The third-order valence-corrected chi connectivity index (χ3v) is 3.02. The molecule has 0 saturated carbocycles. The molecular weight excluding hydrogens is 232 g/mol. The predicted octanol–water partition coefficient (Wildman–Crippen LogP) is 0.0264. The van der Waals surface area contributed by atoms with Crippen molar-refractivity contribution < 1.29 is 14.7 Å². The van der Waals surface area contributed by atoms with Gasteiger partial charge >= 0.3 is 0 Å². The van der Waals surface area contributed by atoms with E-state index < -0.39 is 0 Å². The minimum absolute atomic E-state index is 0.0674. The Kier molecular flexibility index (Phi) is 3.62. The molecular formula is C13H16N2O3. The van der Waals surface area contributed by atoms with Crippen LogP contribution in [0.5, 0.6) is 0 Å². The topological polar surface area (TPSA) is 60.9 Å². The van der Waals surface area contributed by atoms with Crippen molar-refractivity contribution in [1.29, 1.82) is 0 Å². The molecule has 0 aromatic heterocycles. The Labute approximate surface area is 106 Å². The molecule has 96 valence electrons. The first kappa shape index (κ1) is 12.6. The van der Waals surface area contributed by atoms with E-state index in [2.05, 4.69) is 0 Å². The minimum atomic E-state index is -0.0850. The van der Waals surface area contributed by atoms with Crippen molar-refractivity contribution in [3.8, 4) is 0 Å². The number of hydrogen-bond acceptors (Lipinski definition) is 3. The number of likely N-dealkylation sites (N-methyl/N-ethyl adjacent to an activating group) is 1. The second kappa shape index (κ2) is 5.18. The van der Waals surface area contributed by atoms with E-state index in [4.69, 9.17) is 5.11 Å². The van der Waals surface area contributed by atoms with Gasteiger partial charge in [-0.15, -0.1) is 0 Å². The molecule has 1 aliphatic rings. The quantitative estimate of drug-likeness (QED) is 0.820. The molecule has 0 aliphatic carbocycles. The van der Waals surface area contributed by atoms with Crippen LogP contribution in [0.25, 0.3) is 0 Å². The van der Waals surface area contributed by atoms with E-state index in [0.717, 1.165) is 5.56 Å². The highest BCUT2D eigenvalue weighted by molar-refractivity contribution is 6.04. The van der Waals surface area contributed by atoms with Crippen LogP contribution in [0.15, 0.2) is 24.3 Å². The number of nitrogens with zero attached hydrogens (tertiary/aromatic N) is 2. The van der Waals surface area contributed by atoms with Crippen LogP contribution < -0.4 is 4.90 Å². The van der Waals surface area contributed by atoms with Gasteiger partial charge in [0.05, 0.1) is 6.54 Å². The molecule has 1 aromatic carbocycles. The zero-order chi connectivity index (χ0) is 13.1. The smallest absolute Gasteiger partial charge is 0.247 e. The molecule has 0 atom stereocenters. The van der Waals surface area contributed by atoms with E-state index in [-0.39, 0.29) is 31.5 Å². The maximum Gasteiger partial charge on any atom is 0.247 e. The molecule has 1 heterocycles. The largest absolute Gasteiger partial charge is 0.396 e. The van der Waals surface area contributed by atoms with Gasteiger partial charge in [-0.1, -0.05) is 12.1 Å². The Morgan fingerprint density at radius 3 is 2.72 bits per heavy atom. The van der Waals surface area contributed by atoms with Crippen LogP contribution in [0.4, 0.5) is 5.69 Å². The maximum atomic E-state index is 11.9. The number of anilines is 1. The first-order valence-corrected chi connectivity index (χ1v) is 5.86. The van der Waals surface area contributed by atoms with Crippen LogP contribution in [0.1, 0.15) is 5.56 Å². The van der Waals surface area contributed by atoms with Crippen molar-refractivity contribution in [2.75, 3.05) is 31.6 Å². The second-order valence-corrected chi connectivity index (χ2v) is 4.37. The number of amides is 2. The van der Waals surface area contributed by atoms with Crippen LogP contribution >= 0.6 is 0 Å². The van der Waals surface area contributed by atoms with E-state index >= 15 is 0 Å². The fourth-order valence-corrected chi connectivity index (χ4v) is 1.96. The molecule has 5 heteroatoms. The molecule has 0 bridgehead atoms. The predicted molar refractivity (Wildman–Crippen MR) is 67.2 cm³/mol. The molecule has 18 heavy (non-hydrogen) atoms. The lowest BCUT2D eigenvalue weighted by Crippen LogP contribution is -2.52. The van der Waals surface area contributed by atoms with Gasteiger partial charge in [-0.05, 0) is 24.1 Å². The van der Waals surface area contributed by atoms with E-state index in [1.54, 1.807) is 13.1 Å². The van der Waals surface area contributed by atoms with Gasteiger partial charge in [0.2, 0.25) is 11.8 Å². The zero-order valence-corrected chi connectivity index (χ0v) is 10.3. The van der Waals surface area contributed by atoms with E-state index in [0.29, 0.717) is 12.1 Å². The Morgan fingerprint density at radius 1 is 1.22 bits per heavy atom. The maximum absolute atomic E-state index is 11.9. The molecule has 0 unspecified atom stereocenters. The fraction of sp³-hybridized carbons (Fsp3) is 0.385. The number of benzene rings is 1. The average Bonchev–Trinajstić information content (AvgIpc) is 2.34. The number of aliphatic hydroxyl groups excluding tert-OH is 1. The van der Waals surface area contributed by atoms with Crippen LogP contribution in [-0.2, 0) is 16.0 Å². The fourth-order valence-electron chi connectivity index (χ4n) is 1.96. The Bertz CT molecular complexity index is 473. The highest BCUT2D eigenvalue weighted by Gasteiger charge is 2.28. The molecule has 1 aromatic rings. The number of piperazine rings is 1. The molecule has 1 N–H and O–H groups in total. The van der Waals surface area contributed by atoms with E-state index in [1.165, 1.54) is 9.80 Å². The number of hydrogen-bond donors (Lipinski definition) is 1. The van der Waals surface area contributed by atoms with Crippen molar-refractivity contribution in [2.45, 2.75) is 6.42 Å². The summed E-state index contributed by atoms with van der Waals surface area (Å²) in [7, 11) is 1.62. The zero-order valence-electron chi connectivity index (χ0n) is 10.3. The molecule has 1 saturated heterocycles. The van der Waals surface area contributed by atoms with Gasteiger partial charge in [0, 0.05) is 19.3 Å². The van der Waals surface area contributed by atoms with Crippen molar-refractivity contribution in [1.82, 2.24) is 4.90 Å². The monoisotopic (exact) mass is 248 g/mol. The highest BCUT2D eigenvalue weighted by atomic mass is 16.3. The molecule has 1 aliphatic heterocycles. The number of carbonyl (C=O) groups is 2. The summed E-state index contributed by atoms with van der Waals surface area (Å²) in [6.07, 6.45) is 0.545. The first-order valence-electron chi connectivity index (χ1n) is 5.86. The molecule has 2 amide bonds. The second-order valence-electron chi connectivity index (χ2n) is 4.37. The third kappa shape index (κ3) is 2.51. The van der Waals surface area contributed by atoms with Gasteiger partial charge in [0.25, 0.3) is 0 Å². The van der Waals surface area contributed by atoms with Crippen molar-refractivity contribution in [3.05, 3.63) is 29.8 Å². The van der Waals surface area contributed by atoms with Crippen LogP contribution in [0, 0.1) is 0 Å². The van der Waals surface area contributed by atoms with Crippen molar-refractivity contribution in [2.24, 2.45) is 0 Å². The molecule has 0 radical (unpaired) electrons. The summed E-state index contributed by atoms with van der Waals surface area (Å²) in [6.45, 7) is 0.264. The summed E-state index contributed by atoms with van der Waals surface area (Å²) in [6, 6.07) is 7.36. The normalized spacial score (nSPS) is 16.3. The van der Waals surface area contributed by atoms with Crippen LogP contribution in [-0.4, -0.2) is 48.6 Å². The third-order valence-electron chi connectivity index (χ3n) is 3.02. The van der Waals surface area contributed by atoms with Crippen LogP contribution in [0.3, 0.4) is 0 Å². The average molecular weight is 248 g/mol. The van der Waals surface area contributed by atoms with Gasteiger partial charge in [-0.25, -0.2) is 0 Å². The summed E-state index contributed by atoms with van der Waals surface area (Å²) in [4.78, 5) is 26.4. The van der Waals surface area contributed by atoms with E-state index in [9.17, 15) is 9.59 Å².